The lowest BCUT2D eigenvalue weighted by molar-refractivity contribution is 0.0351. The van der Waals surface area contributed by atoms with Gasteiger partial charge in [-0.1, -0.05) is 20.8 Å². The summed E-state index contributed by atoms with van der Waals surface area (Å²) >= 11 is 0. The van der Waals surface area contributed by atoms with Gasteiger partial charge in [-0.25, -0.2) is 9.97 Å². The summed E-state index contributed by atoms with van der Waals surface area (Å²) in [4.78, 5) is 10.1. The maximum Gasteiger partial charge on any atom is 0.144 e. The summed E-state index contributed by atoms with van der Waals surface area (Å²) in [5.41, 5.74) is 2.92. The van der Waals surface area contributed by atoms with E-state index < -0.39 is 0 Å². The van der Waals surface area contributed by atoms with E-state index in [0.717, 1.165) is 31.1 Å². The normalized spacial score (nSPS) is 26.1. The smallest absolute Gasteiger partial charge is 0.144 e. The van der Waals surface area contributed by atoms with Gasteiger partial charge in [-0.3, -0.25) is 0 Å². The van der Waals surface area contributed by atoms with Gasteiger partial charge in [0.05, 0.1) is 18.3 Å². The molecule has 5 nitrogen and oxygen atoms in total. The molecule has 2 aliphatic heterocycles. The molecule has 0 radical (unpaired) electrons. The van der Waals surface area contributed by atoms with Gasteiger partial charge in [0.2, 0.25) is 0 Å². The second-order valence-corrected chi connectivity index (χ2v) is 9.37. The van der Waals surface area contributed by atoms with E-state index in [9.17, 15) is 0 Å². The molecule has 0 amide bonds. The van der Waals surface area contributed by atoms with Gasteiger partial charge < -0.3 is 14.6 Å². The Balaban J connectivity index is 1.60. The lowest BCUT2D eigenvalue weighted by Crippen LogP contribution is -2.59. The molecule has 3 fully saturated rings. The summed E-state index contributed by atoms with van der Waals surface area (Å²) in [6.45, 7) is 10.7. The first-order valence-corrected chi connectivity index (χ1v) is 9.63. The molecule has 1 atom stereocenters. The Morgan fingerprint density at radius 3 is 2.64 bits per heavy atom. The molecule has 5 rings (SSSR count). The SMILES string of the molecule is CC(C)(C)c1nc(C2CC3(CNC3)C2)c2ccn([C@@H]3CCOC3)c2n1. The topological polar surface area (TPSA) is 52.0 Å². The minimum absolute atomic E-state index is 0.0380. The van der Waals surface area contributed by atoms with Crippen molar-refractivity contribution in [2.75, 3.05) is 26.3 Å². The zero-order valence-corrected chi connectivity index (χ0v) is 15.5. The Kier molecular flexibility index (Phi) is 3.32. The molecule has 3 aliphatic rings. The summed E-state index contributed by atoms with van der Waals surface area (Å²) in [5.74, 6) is 1.56. The van der Waals surface area contributed by atoms with Crippen molar-refractivity contribution in [3.63, 3.8) is 0 Å². The van der Waals surface area contributed by atoms with Crippen molar-refractivity contribution in [1.82, 2.24) is 19.9 Å². The van der Waals surface area contributed by atoms with Crippen LogP contribution in [0, 0.1) is 5.41 Å². The Morgan fingerprint density at radius 1 is 1.24 bits per heavy atom. The maximum absolute atomic E-state index is 5.62. The molecule has 0 bridgehead atoms. The third-order valence-corrected chi connectivity index (χ3v) is 6.32. The number of hydrogen-bond acceptors (Lipinski definition) is 4. The average Bonchev–Trinajstić information content (AvgIpc) is 3.11. The van der Waals surface area contributed by atoms with Gasteiger partial charge in [-0.05, 0) is 30.7 Å². The number of rotatable bonds is 2. The van der Waals surface area contributed by atoms with Crippen molar-refractivity contribution in [2.24, 2.45) is 5.41 Å². The number of aromatic nitrogens is 3. The summed E-state index contributed by atoms with van der Waals surface area (Å²) in [5, 5.41) is 4.70. The predicted octanol–water partition coefficient (Wildman–Crippen LogP) is 3.16. The van der Waals surface area contributed by atoms with Crippen LogP contribution in [0.1, 0.15) is 63.5 Å². The average molecular weight is 340 g/mol. The number of fused-ring (bicyclic) bond motifs is 1. The monoisotopic (exact) mass is 340 g/mol. The Bertz CT molecular complexity index is 801. The first-order valence-electron chi connectivity index (χ1n) is 9.63. The summed E-state index contributed by atoms with van der Waals surface area (Å²) in [6.07, 6.45) is 5.82. The van der Waals surface area contributed by atoms with E-state index in [1.807, 2.05) is 0 Å². The van der Waals surface area contributed by atoms with Crippen LogP contribution in [-0.2, 0) is 10.2 Å². The molecule has 2 aromatic rings. The fraction of sp³-hybridized carbons (Fsp3) is 0.700. The Labute approximate surface area is 149 Å². The highest BCUT2D eigenvalue weighted by atomic mass is 16.5. The molecule has 1 aliphatic carbocycles. The second-order valence-electron chi connectivity index (χ2n) is 9.37. The van der Waals surface area contributed by atoms with E-state index in [0.29, 0.717) is 17.4 Å². The Morgan fingerprint density at radius 2 is 2.04 bits per heavy atom. The lowest BCUT2D eigenvalue weighted by Gasteiger charge is -2.54. The first-order chi connectivity index (χ1) is 12.0. The van der Waals surface area contributed by atoms with Crippen molar-refractivity contribution in [1.29, 1.82) is 0 Å². The van der Waals surface area contributed by atoms with Crippen molar-refractivity contribution in [3.8, 4) is 0 Å². The van der Waals surface area contributed by atoms with E-state index in [2.05, 4.69) is 42.9 Å². The summed E-state index contributed by atoms with van der Waals surface area (Å²) < 4.78 is 7.95. The van der Waals surface area contributed by atoms with Gasteiger partial charge in [0.15, 0.2) is 0 Å². The van der Waals surface area contributed by atoms with Crippen LogP contribution in [0.4, 0.5) is 0 Å². The van der Waals surface area contributed by atoms with E-state index >= 15 is 0 Å². The fourth-order valence-electron chi connectivity index (χ4n) is 4.69. The highest BCUT2D eigenvalue weighted by Crippen LogP contribution is 2.54. The molecule has 4 heterocycles. The van der Waals surface area contributed by atoms with Crippen LogP contribution < -0.4 is 5.32 Å². The third kappa shape index (κ3) is 2.43. The third-order valence-electron chi connectivity index (χ3n) is 6.32. The van der Waals surface area contributed by atoms with Crippen molar-refractivity contribution in [2.45, 2.75) is 57.4 Å². The zero-order valence-electron chi connectivity index (χ0n) is 15.5. The summed E-state index contributed by atoms with van der Waals surface area (Å²) in [6, 6.07) is 2.65. The molecule has 2 aromatic heterocycles. The molecule has 0 unspecified atom stereocenters. The van der Waals surface area contributed by atoms with Crippen LogP contribution in [0.25, 0.3) is 11.0 Å². The van der Waals surface area contributed by atoms with E-state index in [1.165, 1.54) is 37.0 Å². The predicted molar refractivity (Wildman–Crippen MR) is 98.0 cm³/mol. The van der Waals surface area contributed by atoms with Gasteiger partial charge in [-0.15, -0.1) is 0 Å². The maximum atomic E-state index is 5.62. The molecule has 1 saturated carbocycles. The number of hydrogen-bond donors (Lipinski definition) is 1. The van der Waals surface area contributed by atoms with Gasteiger partial charge in [0.25, 0.3) is 0 Å². The molecule has 2 saturated heterocycles. The molecule has 25 heavy (non-hydrogen) atoms. The van der Waals surface area contributed by atoms with Crippen LogP contribution in [0.15, 0.2) is 12.3 Å². The van der Waals surface area contributed by atoms with Crippen LogP contribution in [0.2, 0.25) is 0 Å². The Hall–Kier alpha value is -1.46. The van der Waals surface area contributed by atoms with Crippen LogP contribution in [0.3, 0.4) is 0 Å². The fourth-order valence-corrected chi connectivity index (χ4v) is 4.69. The van der Waals surface area contributed by atoms with Crippen molar-refractivity contribution in [3.05, 3.63) is 23.8 Å². The molecular formula is C20H28N4O. The van der Waals surface area contributed by atoms with E-state index in [4.69, 9.17) is 14.7 Å². The van der Waals surface area contributed by atoms with E-state index in [-0.39, 0.29) is 5.41 Å². The molecule has 0 aromatic carbocycles. The van der Waals surface area contributed by atoms with Crippen molar-refractivity contribution >= 4 is 11.0 Å². The lowest BCUT2D eigenvalue weighted by atomic mass is 9.57. The highest BCUT2D eigenvalue weighted by molar-refractivity contribution is 5.80. The largest absolute Gasteiger partial charge is 0.379 e. The number of nitrogens with zero attached hydrogens (tertiary/aromatic N) is 3. The van der Waals surface area contributed by atoms with Gasteiger partial charge in [-0.2, -0.15) is 0 Å². The van der Waals surface area contributed by atoms with Gasteiger partial charge in [0, 0.05) is 42.6 Å². The van der Waals surface area contributed by atoms with E-state index in [1.54, 1.807) is 0 Å². The van der Waals surface area contributed by atoms with Crippen molar-refractivity contribution < 1.29 is 4.74 Å². The first kappa shape index (κ1) is 15.8. The quantitative estimate of drug-likeness (QED) is 0.912. The van der Waals surface area contributed by atoms with Gasteiger partial charge in [0.1, 0.15) is 11.5 Å². The number of nitrogens with one attached hydrogen (secondary N) is 1. The molecule has 1 spiro atoms. The molecular weight excluding hydrogens is 312 g/mol. The minimum atomic E-state index is -0.0380. The molecule has 1 N–H and O–H groups in total. The molecule has 5 heteroatoms. The zero-order chi connectivity index (χ0) is 17.2. The number of ether oxygens (including phenoxy) is 1. The molecule has 134 valence electrons. The van der Waals surface area contributed by atoms with Crippen LogP contribution in [0.5, 0.6) is 0 Å². The minimum Gasteiger partial charge on any atom is -0.379 e. The van der Waals surface area contributed by atoms with Crippen LogP contribution in [-0.4, -0.2) is 40.8 Å². The second kappa shape index (κ2) is 5.27. The highest BCUT2D eigenvalue weighted by Gasteiger charge is 2.49. The standard InChI is InChI=1S/C20H28N4O/c1-19(2,3)18-22-16(13-8-20(9-13)11-21-12-20)15-4-6-24(17(15)23-18)14-5-7-25-10-14/h4,6,13-14,21H,5,7-12H2,1-3H3/t14-/m1/s1. The summed E-state index contributed by atoms with van der Waals surface area (Å²) in [7, 11) is 0. The van der Waals surface area contributed by atoms with Gasteiger partial charge >= 0.3 is 0 Å². The van der Waals surface area contributed by atoms with Crippen LogP contribution >= 0.6 is 0 Å².